The lowest BCUT2D eigenvalue weighted by Crippen LogP contribution is -2.74. The second kappa shape index (κ2) is 8.93. The predicted octanol–water partition coefficient (Wildman–Crippen LogP) is 0.941. The first kappa shape index (κ1) is 24.4. The van der Waals surface area contributed by atoms with Crippen LogP contribution in [0.3, 0.4) is 0 Å². The molecule has 2 aliphatic heterocycles. The normalized spacial score (nSPS) is 22.3. The molecule has 0 saturated carbocycles. The van der Waals surface area contributed by atoms with Crippen molar-refractivity contribution < 1.29 is 23.9 Å². The van der Waals surface area contributed by atoms with E-state index in [2.05, 4.69) is 49.8 Å². The van der Waals surface area contributed by atoms with Gasteiger partial charge in [0.2, 0.25) is 20.1 Å². The van der Waals surface area contributed by atoms with Gasteiger partial charge in [0.05, 0.1) is 6.61 Å². The molecule has 3 rings (SSSR count). The Bertz CT molecular complexity index is 877. The van der Waals surface area contributed by atoms with Gasteiger partial charge in [-0.15, -0.1) is 0 Å². The molecule has 0 bridgehead atoms. The first-order chi connectivity index (χ1) is 14.9. The van der Waals surface area contributed by atoms with Gasteiger partial charge >= 0.3 is 6.03 Å². The maximum atomic E-state index is 13.4. The first-order valence-corrected chi connectivity index (χ1v) is 13.9. The van der Waals surface area contributed by atoms with Crippen molar-refractivity contribution in [1.29, 1.82) is 0 Å². The number of nitrogens with zero attached hydrogens (tertiary/aromatic N) is 1. The smallest absolute Gasteiger partial charge is 0.328 e. The molecule has 1 unspecified atom stereocenters. The van der Waals surface area contributed by atoms with Gasteiger partial charge < -0.3 is 14.8 Å². The Balaban J connectivity index is 2.12. The first-order valence-electron chi connectivity index (χ1n) is 11.0. The number of piperazine rings is 1. The highest BCUT2D eigenvalue weighted by molar-refractivity contribution is 6.74. The van der Waals surface area contributed by atoms with Gasteiger partial charge in [-0.05, 0) is 35.8 Å². The fourth-order valence-corrected chi connectivity index (χ4v) is 5.14. The van der Waals surface area contributed by atoms with E-state index in [1.165, 1.54) is 0 Å². The number of barbiturate groups is 1. The van der Waals surface area contributed by atoms with Crippen LogP contribution in [0.25, 0.3) is 0 Å². The number of carbonyl (C=O) groups is 3. The molecule has 0 spiro atoms. The summed E-state index contributed by atoms with van der Waals surface area (Å²) in [6.45, 7) is 12.4. The molecular weight excluding hydrogens is 428 g/mol. The summed E-state index contributed by atoms with van der Waals surface area (Å²) >= 11 is 0. The average molecular weight is 463 g/mol. The van der Waals surface area contributed by atoms with Gasteiger partial charge in [-0.25, -0.2) is 4.79 Å². The van der Waals surface area contributed by atoms with Crippen LogP contribution >= 0.6 is 0 Å². The van der Waals surface area contributed by atoms with Gasteiger partial charge in [0.1, 0.15) is 5.75 Å². The molecule has 2 fully saturated rings. The molecule has 176 valence electrons. The van der Waals surface area contributed by atoms with Gasteiger partial charge in [-0.3, -0.25) is 25.1 Å². The van der Waals surface area contributed by atoms with E-state index in [4.69, 9.17) is 4.43 Å². The number of carbonyl (C=O) groups excluding carboxylic acids is 3. The Labute approximate surface area is 190 Å². The zero-order valence-corrected chi connectivity index (χ0v) is 20.4. The van der Waals surface area contributed by atoms with E-state index in [9.17, 15) is 19.5 Å². The van der Waals surface area contributed by atoms with Crippen LogP contribution in [-0.4, -0.2) is 75.0 Å². The van der Waals surface area contributed by atoms with Crippen LogP contribution in [0.5, 0.6) is 5.75 Å². The van der Waals surface area contributed by atoms with Crippen LogP contribution in [0.2, 0.25) is 18.1 Å². The lowest BCUT2D eigenvalue weighted by Gasteiger charge is -2.47. The summed E-state index contributed by atoms with van der Waals surface area (Å²) in [6, 6.07) is 5.62. The fraction of sp³-hybridized carbons (Fsp3) is 0.591. The number of hydrogen-bond acceptors (Lipinski definition) is 7. The molecule has 0 radical (unpaired) electrons. The van der Waals surface area contributed by atoms with Crippen molar-refractivity contribution in [2.75, 3.05) is 32.8 Å². The fourth-order valence-electron chi connectivity index (χ4n) is 4.12. The Hall–Kier alpha value is -2.27. The molecule has 10 heteroatoms. The van der Waals surface area contributed by atoms with Crippen LogP contribution < -0.4 is 20.4 Å². The molecule has 1 atom stereocenters. The van der Waals surface area contributed by atoms with Crippen molar-refractivity contribution in [3.8, 4) is 5.75 Å². The molecule has 4 amide bonds. The molecule has 32 heavy (non-hydrogen) atoms. The van der Waals surface area contributed by atoms with E-state index in [0.29, 0.717) is 37.5 Å². The van der Waals surface area contributed by atoms with Gasteiger partial charge in [0.15, 0.2) is 5.41 Å². The van der Waals surface area contributed by atoms with Crippen molar-refractivity contribution in [2.45, 2.75) is 50.4 Å². The third kappa shape index (κ3) is 4.32. The van der Waals surface area contributed by atoms with Crippen molar-refractivity contribution in [1.82, 2.24) is 20.9 Å². The Morgan fingerprint density at radius 3 is 2.44 bits per heavy atom. The van der Waals surface area contributed by atoms with E-state index in [-0.39, 0.29) is 11.6 Å². The Kier molecular flexibility index (Phi) is 6.80. The molecule has 2 aliphatic rings. The number of aliphatic hydroxyl groups is 1. The minimum atomic E-state index is -2.16. The minimum Gasteiger partial charge on any atom is -0.543 e. The largest absolute Gasteiger partial charge is 0.543 e. The van der Waals surface area contributed by atoms with Crippen molar-refractivity contribution in [3.05, 3.63) is 29.8 Å². The van der Waals surface area contributed by atoms with E-state index in [1.54, 1.807) is 18.2 Å². The molecule has 2 saturated heterocycles. The van der Waals surface area contributed by atoms with Gasteiger partial charge in [0.25, 0.3) is 0 Å². The number of urea groups is 1. The Morgan fingerprint density at radius 1 is 1.19 bits per heavy atom. The number of β-amino-alcohol motifs (C(OH)–C–C–N with tert-alkyl or cyclic N) is 1. The standard InChI is InChI=1S/C22H34N4O5Si/c1-21(2,3)32(4,5)31-16-8-6-7-15(13-16)22(18(28)24-20(30)25-19(22)29)17-14-23-9-10-26(17)11-12-27/h6-8,13,17,23,27H,9-12,14H2,1-5H3,(H2,24,25,28,29,30). The summed E-state index contributed by atoms with van der Waals surface area (Å²) in [7, 11) is -2.16. The van der Waals surface area contributed by atoms with Gasteiger partial charge in [0, 0.05) is 32.2 Å². The second-order valence-electron chi connectivity index (χ2n) is 9.92. The van der Waals surface area contributed by atoms with E-state index in [0.717, 1.165) is 0 Å². The highest BCUT2D eigenvalue weighted by Gasteiger charge is 2.59. The van der Waals surface area contributed by atoms with Crippen LogP contribution in [0.1, 0.15) is 26.3 Å². The highest BCUT2D eigenvalue weighted by Crippen LogP contribution is 2.40. The molecule has 2 heterocycles. The molecule has 0 aliphatic carbocycles. The number of benzene rings is 1. The van der Waals surface area contributed by atoms with Crippen LogP contribution in [0.15, 0.2) is 24.3 Å². The SMILES string of the molecule is CC(C)(C)[Si](C)(C)Oc1cccc(C2(C3CNCCN3CCO)C(=O)NC(=O)NC2=O)c1. The molecule has 9 nitrogen and oxygen atoms in total. The monoisotopic (exact) mass is 462 g/mol. The van der Waals surface area contributed by atoms with Crippen molar-refractivity contribution in [2.24, 2.45) is 0 Å². The second-order valence-corrected chi connectivity index (χ2v) is 14.6. The van der Waals surface area contributed by atoms with E-state index in [1.807, 2.05) is 11.0 Å². The number of aliphatic hydroxyl groups excluding tert-OH is 1. The van der Waals surface area contributed by atoms with Crippen molar-refractivity contribution in [3.63, 3.8) is 0 Å². The van der Waals surface area contributed by atoms with E-state index >= 15 is 0 Å². The quantitative estimate of drug-likeness (QED) is 0.367. The van der Waals surface area contributed by atoms with E-state index < -0.39 is 37.6 Å². The highest BCUT2D eigenvalue weighted by atomic mass is 28.4. The zero-order valence-electron chi connectivity index (χ0n) is 19.4. The Morgan fingerprint density at radius 2 is 1.84 bits per heavy atom. The van der Waals surface area contributed by atoms with Gasteiger partial charge in [-0.2, -0.15) is 0 Å². The summed E-state index contributed by atoms with van der Waals surface area (Å²) in [4.78, 5) is 40.6. The molecule has 4 N–H and O–H groups in total. The minimum absolute atomic E-state index is 0.0298. The number of hydrogen-bond donors (Lipinski definition) is 4. The third-order valence-corrected chi connectivity index (χ3v) is 11.2. The van der Waals surface area contributed by atoms with Crippen LogP contribution in [-0.2, 0) is 15.0 Å². The molecule has 1 aromatic rings. The zero-order chi connectivity index (χ0) is 23.7. The lowest BCUT2D eigenvalue weighted by atomic mass is 9.70. The summed E-state index contributed by atoms with van der Waals surface area (Å²) < 4.78 is 6.44. The molecule has 0 aromatic heterocycles. The maximum Gasteiger partial charge on any atom is 0.328 e. The molecular formula is C22H34N4O5Si. The third-order valence-electron chi connectivity index (χ3n) is 6.88. The number of nitrogens with one attached hydrogen (secondary N) is 3. The number of rotatable bonds is 6. The number of imide groups is 2. The van der Waals surface area contributed by atoms with Crippen LogP contribution in [0.4, 0.5) is 4.79 Å². The predicted molar refractivity (Wildman–Crippen MR) is 123 cm³/mol. The summed E-state index contributed by atoms with van der Waals surface area (Å²) in [5.41, 5.74) is -1.23. The summed E-state index contributed by atoms with van der Waals surface area (Å²) in [6.07, 6.45) is 0. The summed E-state index contributed by atoms with van der Waals surface area (Å²) in [5.74, 6) is -0.761. The van der Waals surface area contributed by atoms with Gasteiger partial charge in [-0.1, -0.05) is 32.9 Å². The lowest BCUT2D eigenvalue weighted by molar-refractivity contribution is -0.143. The van der Waals surface area contributed by atoms with Crippen LogP contribution in [0, 0.1) is 0 Å². The topological polar surface area (TPSA) is 120 Å². The maximum absolute atomic E-state index is 13.4. The van der Waals surface area contributed by atoms with Crippen molar-refractivity contribution >= 4 is 26.2 Å². The molecule has 1 aromatic carbocycles. The average Bonchev–Trinajstić information content (AvgIpc) is 2.68. The number of amides is 4. The summed E-state index contributed by atoms with van der Waals surface area (Å²) in [5, 5.41) is 17.4.